The fourth-order valence-corrected chi connectivity index (χ4v) is 1.03. The molecule has 0 aliphatic rings. The zero-order chi connectivity index (χ0) is 10.6. The molecule has 1 N–H and O–H groups in total. The summed E-state index contributed by atoms with van der Waals surface area (Å²) in [5.41, 5.74) is 0.207. The molecule has 0 radical (unpaired) electrons. The molecule has 0 bridgehead atoms. The lowest BCUT2D eigenvalue weighted by atomic mass is 10.1. The van der Waals surface area contributed by atoms with Gasteiger partial charge in [0, 0.05) is 12.6 Å². The molecule has 0 aliphatic carbocycles. The number of aryl methyl sites for hydroxylation is 1. The highest BCUT2D eigenvalue weighted by atomic mass is 16.5. The van der Waals surface area contributed by atoms with Crippen LogP contribution in [0.25, 0.3) is 0 Å². The third kappa shape index (κ3) is 3.75. The minimum Gasteiger partial charge on any atom is -0.492 e. The van der Waals surface area contributed by atoms with Crippen LogP contribution >= 0.6 is 0 Å². The van der Waals surface area contributed by atoms with Crippen LogP contribution in [0, 0.1) is 6.92 Å². The predicted molar refractivity (Wildman–Crippen MR) is 55.4 cm³/mol. The maximum Gasteiger partial charge on any atom is 0.140 e. The minimum atomic E-state index is -0.671. The van der Waals surface area contributed by atoms with Gasteiger partial charge in [-0.1, -0.05) is 0 Å². The quantitative estimate of drug-likeness (QED) is 0.798. The third-order valence-corrected chi connectivity index (χ3v) is 1.93. The molecule has 1 heterocycles. The minimum absolute atomic E-state index is 0.510. The van der Waals surface area contributed by atoms with Crippen LogP contribution in [-0.4, -0.2) is 22.3 Å². The Kier molecular flexibility index (Phi) is 3.47. The first kappa shape index (κ1) is 11.0. The maximum absolute atomic E-state index is 9.47. The van der Waals surface area contributed by atoms with E-state index >= 15 is 0 Å². The Morgan fingerprint density at radius 1 is 1.50 bits per heavy atom. The zero-order valence-corrected chi connectivity index (χ0v) is 8.95. The van der Waals surface area contributed by atoms with Gasteiger partial charge in [0.2, 0.25) is 0 Å². The number of rotatable bonds is 4. The van der Waals surface area contributed by atoms with E-state index in [9.17, 15) is 5.11 Å². The molecule has 0 atom stereocenters. The number of ether oxygens (including phenoxy) is 1. The molecule has 0 fully saturated rings. The largest absolute Gasteiger partial charge is 0.492 e. The molecule has 14 heavy (non-hydrogen) atoms. The van der Waals surface area contributed by atoms with Gasteiger partial charge in [-0.2, -0.15) is 0 Å². The molecule has 0 unspecified atom stereocenters. The van der Waals surface area contributed by atoms with Gasteiger partial charge < -0.3 is 9.84 Å². The van der Waals surface area contributed by atoms with E-state index in [-0.39, 0.29) is 0 Å². The van der Waals surface area contributed by atoms with Crippen LogP contribution in [0.3, 0.4) is 0 Å². The highest BCUT2D eigenvalue weighted by molar-refractivity contribution is 5.25. The van der Waals surface area contributed by atoms with Crippen molar-refractivity contribution in [3.05, 3.63) is 24.0 Å². The summed E-state index contributed by atoms with van der Waals surface area (Å²) in [6.45, 7) is 5.95. The van der Waals surface area contributed by atoms with Crippen molar-refractivity contribution >= 4 is 0 Å². The molecule has 78 valence electrons. The van der Waals surface area contributed by atoms with Gasteiger partial charge in [-0.3, -0.25) is 4.98 Å². The summed E-state index contributed by atoms with van der Waals surface area (Å²) in [5, 5.41) is 9.47. The lowest BCUT2D eigenvalue weighted by Crippen LogP contribution is -2.21. The Labute approximate surface area is 84.7 Å². The van der Waals surface area contributed by atoms with E-state index in [2.05, 4.69) is 4.98 Å². The topological polar surface area (TPSA) is 42.4 Å². The van der Waals surface area contributed by atoms with Crippen molar-refractivity contribution in [2.75, 3.05) is 6.61 Å². The number of pyridine rings is 1. The Balaban J connectivity index is 2.43. The monoisotopic (exact) mass is 195 g/mol. The van der Waals surface area contributed by atoms with Gasteiger partial charge in [0.15, 0.2) is 0 Å². The standard InChI is InChI=1S/C11H17NO2/c1-9-10(5-4-7-12-9)14-8-6-11(2,3)13/h4-5,7,13H,6,8H2,1-3H3. The predicted octanol–water partition coefficient (Wildman–Crippen LogP) is 1.93. The molecule has 1 aromatic rings. The van der Waals surface area contributed by atoms with Gasteiger partial charge in [0.1, 0.15) is 5.75 Å². The van der Waals surface area contributed by atoms with Crippen molar-refractivity contribution in [2.24, 2.45) is 0 Å². The molecule has 1 aromatic heterocycles. The summed E-state index contributed by atoms with van der Waals surface area (Å²) in [5.74, 6) is 0.789. The lowest BCUT2D eigenvalue weighted by Gasteiger charge is -2.17. The Morgan fingerprint density at radius 2 is 2.21 bits per heavy atom. The van der Waals surface area contributed by atoms with Crippen LogP contribution < -0.4 is 4.74 Å². The van der Waals surface area contributed by atoms with Crippen molar-refractivity contribution < 1.29 is 9.84 Å². The van der Waals surface area contributed by atoms with Crippen LogP contribution in [0.5, 0.6) is 5.75 Å². The van der Waals surface area contributed by atoms with Crippen LogP contribution in [-0.2, 0) is 0 Å². The zero-order valence-electron chi connectivity index (χ0n) is 8.95. The van der Waals surface area contributed by atoms with E-state index in [4.69, 9.17) is 4.74 Å². The first-order valence-electron chi connectivity index (χ1n) is 4.76. The van der Waals surface area contributed by atoms with E-state index in [1.807, 2.05) is 19.1 Å². The summed E-state index contributed by atoms with van der Waals surface area (Å²) in [4.78, 5) is 4.11. The van der Waals surface area contributed by atoms with Crippen LogP contribution in [0.15, 0.2) is 18.3 Å². The van der Waals surface area contributed by atoms with Gasteiger partial charge in [0.05, 0.1) is 17.9 Å². The summed E-state index contributed by atoms with van der Waals surface area (Å²) in [7, 11) is 0. The molecular formula is C11H17NO2. The first-order chi connectivity index (χ1) is 6.49. The third-order valence-electron chi connectivity index (χ3n) is 1.93. The van der Waals surface area contributed by atoms with Gasteiger partial charge >= 0.3 is 0 Å². The molecule has 1 rings (SSSR count). The fraction of sp³-hybridized carbons (Fsp3) is 0.545. The number of hydrogen-bond acceptors (Lipinski definition) is 3. The van der Waals surface area contributed by atoms with Gasteiger partial charge in [-0.15, -0.1) is 0 Å². The summed E-state index contributed by atoms with van der Waals surface area (Å²) in [6.07, 6.45) is 2.35. The molecule has 0 aromatic carbocycles. The van der Waals surface area contributed by atoms with Gasteiger partial charge in [-0.25, -0.2) is 0 Å². The van der Waals surface area contributed by atoms with Crippen LogP contribution in [0.2, 0.25) is 0 Å². The molecule has 0 amide bonds. The molecule has 0 saturated heterocycles. The van der Waals surface area contributed by atoms with Crippen LogP contribution in [0.4, 0.5) is 0 Å². The molecular weight excluding hydrogens is 178 g/mol. The van der Waals surface area contributed by atoms with Gasteiger partial charge in [-0.05, 0) is 32.9 Å². The van der Waals surface area contributed by atoms with E-state index in [1.54, 1.807) is 20.0 Å². The molecule has 3 nitrogen and oxygen atoms in total. The number of nitrogens with zero attached hydrogens (tertiary/aromatic N) is 1. The van der Waals surface area contributed by atoms with E-state index in [0.29, 0.717) is 13.0 Å². The number of aliphatic hydroxyl groups is 1. The van der Waals surface area contributed by atoms with Crippen molar-refractivity contribution in [3.63, 3.8) is 0 Å². The molecule has 0 saturated carbocycles. The molecule has 0 aliphatic heterocycles. The molecule has 3 heteroatoms. The Hall–Kier alpha value is -1.09. The number of aromatic nitrogens is 1. The highest BCUT2D eigenvalue weighted by Gasteiger charge is 2.12. The van der Waals surface area contributed by atoms with Crippen molar-refractivity contribution in [1.82, 2.24) is 4.98 Å². The first-order valence-corrected chi connectivity index (χ1v) is 4.76. The second kappa shape index (κ2) is 4.42. The van der Waals surface area contributed by atoms with E-state index in [1.165, 1.54) is 0 Å². The molecule has 0 spiro atoms. The SMILES string of the molecule is Cc1ncccc1OCCC(C)(C)O. The highest BCUT2D eigenvalue weighted by Crippen LogP contribution is 2.15. The average Bonchev–Trinajstić information content (AvgIpc) is 2.06. The summed E-state index contributed by atoms with van der Waals surface area (Å²) >= 11 is 0. The normalized spacial score (nSPS) is 11.4. The second-order valence-electron chi connectivity index (χ2n) is 4.00. The van der Waals surface area contributed by atoms with E-state index in [0.717, 1.165) is 11.4 Å². The Morgan fingerprint density at radius 3 is 2.79 bits per heavy atom. The van der Waals surface area contributed by atoms with Crippen molar-refractivity contribution in [1.29, 1.82) is 0 Å². The summed E-state index contributed by atoms with van der Waals surface area (Å²) in [6, 6.07) is 3.72. The van der Waals surface area contributed by atoms with Crippen molar-refractivity contribution in [3.8, 4) is 5.75 Å². The smallest absolute Gasteiger partial charge is 0.140 e. The average molecular weight is 195 g/mol. The lowest BCUT2D eigenvalue weighted by molar-refractivity contribution is 0.0552. The second-order valence-corrected chi connectivity index (χ2v) is 4.00. The Bertz CT molecular complexity index is 292. The maximum atomic E-state index is 9.47. The number of hydrogen-bond donors (Lipinski definition) is 1. The summed E-state index contributed by atoms with van der Waals surface area (Å²) < 4.78 is 5.49. The fourth-order valence-electron chi connectivity index (χ4n) is 1.03. The van der Waals surface area contributed by atoms with Crippen molar-refractivity contribution in [2.45, 2.75) is 32.8 Å². The van der Waals surface area contributed by atoms with Crippen LogP contribution in [0.1, 0.15) is 26.0 Å². The van der Waals surface area contributed by atoms with E-state index < -0.39 is 5.60 Å². The van der Waals surface area contributed by atoms with Gasteiger partial charge in [0.25, 0.3) is 0 Å².